The normalized spacial score (nSPS) is 10.7. The number of hydrogen-bond donors (Lipinski definition) is 2. The van der Waals surface area contributed by atoms with Crippen molar-refractivity contribution in [3.8, 4) is 17.3 Å². The van der Waals surface area contributed by atoms with Crippen molar-refractivity contribution in [2.45, 2.75) is 0 Å². The molecule has 0 saturated carbocycles. The average molecular weight is 254 g/mol. The van der Waals surface area contributed by atoms with E-state index in [0.29, 0.717) is 11.3 Å². The Balaban J connectivity index is 2.40. The molecule has 0 amide bonds. The molecule has 5 heteroatoms. The van der Waals surface area contributed by atoms with E-state index in [1.807, 2.05) is 30.3 Å². The fraction of sp³-hybridized carbons (Fsp3) is 0. The number of carboxylic acid groups (broad SMARTS) is 1. The smallest absolute Gasteiger partial charge is 0.356 e. The molecule has 19 heavy (non-hydrogen) atoms. The summed E-state index contributed by atoms with van der Waals surface area (Å²) < 4.78 is 1.43. The predicted octanol–water partition coefficient (Wildman–Crippen LogP) is 2.41. The second-order valence-electron chi connectivity index (χ2n) is 4.06. The first-order valence-electron chi connectivity index (χ1n) is 5.67. The van der Waals surface area contributed by atoms with Gasteiger partial charge in [-0.3, -0.25) is 4.40 Å². The van der Waals surface area contributed by atoms with E-state index in [1.165, 1.54) is 10.5 Å². The lowest BCUT2D eigenvalue weighted by Crippen LogP contribution is -1.97. The number of pyridine rings is 1. The summed E-state index contributed by atoms with van der Waals surface area (Å²) in [5.41, 5.74) is 1.03. The molecule has 2 heterocycles. The molecule has 0 bridgehead atoms. The molecule has 0 fully saturated rings. The molecule has 3 rings (SSSR count). The third-order valence-corrected chi connectivity index (χ3v) is 2.88. The molecule has 0 aliphatic carbocycles. The molecular formula is C14H10N2O3. The van der Waals surface area contributed by atoms with Gasteiger partial charge in [-0.2, -0.15) is 0 Å². The van der Waals surface area contributed by atoms with Gasteiger partial charge in [0.15, 0.2) is 11.6 Å². The monoisotopic (exact) mass is 254 g/mol. The zero-order chi connectivity index (χ0) is 13.4. The van der Waals surface area contributed by atoms with Crippen molar-refractivity contribution in [3.63, 3.8) is 0 Å². The van der Waals surface area contributed by atoms with E-state index in [2.05, 4.69) is 4.98 Å². The van der Waals surface area contributed by atoms with Crippen LogP contribution >= 0.6 is 0 Å². The lowest BCUT2D eigenvalue weighted by molar-refractivity contribution is 0.0693. The standard InChI is InChI=1S/C14H10N2O3/c17-11-8-4-7-10-12(14(18)19)15-13(16(10)11)9-5-2-1-3-6-9/h1-8,17H,(H,18,19). The first-order chi connectivity index (χ1) is 9.18. The van der Waals surface area contributed by atoms with E-state index < -0.39 is 5.97 Å². The van der Waals surface area contributed by atoms with E-state index in [4.69, 9.17) is 0 Å². The largest absolute Gasteiger partial charge is 0.494 e. The Bertz CT molecular complexity index is 763. The molecule has 0 spiro atoms. The highest BCUT2D eigenvalue weighted by molar-refractivity contribution is 5.95. The summed E-state index contributed by atoms with van der Waals surface area (Å²) in [7, 11) is 0. The van der Waals surface area contributed by atoms with Crippen molar-refractivity contribution >= 4 is 11.5 Å². The van der Waals surface area contributed by atoms with Crippen LogP contribution in [0.4, 0.5) is 0 Å². The SMILES string of the molecule is O=C(O)c1nc(-c2ccccc2)n2c(O)cccc12. The zero-order valence-corrected chi connectivity index (χ0v) is 9.82. The number of benzene rings is 1. The average Bonchev–Trinajstić information content (AvgIpc) is 2.81. The van der Waals surface area contributed by atoms with Crippen LogP contribution in [0.15, 0.2) is 48.5 Å². The topological polar surface area (TPSA) is 74.8 Å². The quantitative estimate of drug-likeness (QED) is 0.736. The Morgan fingerprint density at radius 2 is 1.79 bits per heavy atom. The van der Waals surface area contributed by atoms with E-state index in [1.54, 1.807) is 12.1 Å². The fourth-order valence-corrected chi connectivity index (χ4v) is 2.06. The zero-order valence-electron chi connectivity index (χ0n) is 9.82. The number of aromatic nitrogens is 2. The van der Waals surface area contributed by atoms with Crippen LogP contribution in [0.25, 0.3) is 16.9 Å². The number of carbonyl (C=O) groups is 1. The van der Waals surface area contributed by atoms with Gasteiger partial charge in [0.1, 0.15) is 5.82 Å². The van der Waals surface area contributed by atoms with Gasteiger partial charge in [-0.1, -0.05) is 36.4 Å². The summed E-state index contributed by atoms with van der Waals surface area (Å²) in [6.45, 7) is 0. The van der Waals surface area contributed by atoms with Gasteiger partial charge in [0.25, 0.3) is 0 Å². The first-order valence-corrected chi connectivity index (χ1v) is 5.67. The van der Waals surface area contributed by atoms with Gasteiger partial charge in [0.05, 0.1) is 5.52 Å². The Morgan fingerprint density at radius 1 is 1.05 bits per heavy atom. The van der Waals surface area contributed by atoms with Gasteiger partial charge in [-0.05, 0) is 12.1 Å². The highest BCUT2D eigenvalue weighted by atomic mass is 16.4. The third kappa shape index (κ3) is 1.72. The maximum atomic E-state index is 11.2. The number of imidazole rings is 1. The fourth-order valence-electron chi connectivity index (χ4n) is 2.06. The van der Waals surface area contributed by atoms with E-state index >= 15 is 0 Å². The number of hydrogen-bond acceptors (Lipinski definition) is 3. The molecule has 1 aromatic carbocycles. The summed E-state index contributed by atoms with van der Waals surface area (Å²) >= 11 is 0. The van der Waals surface area contributed by atoms with E-state index in [0.717, 1.165) is 5.56 Å². The highest BCUT2D eigenvalue weighted by Crippen LogP contribution is 2.26. The van der Waals surface area contributed by atoms with Gasteiger partial charge >= 0.3 is 5.97 Å². The Labute approximate surface area is 108 Å². The van der Waals surface area contributed by atoms with Crippen molar-refractivity contribution in [1.29, 1.82) is 0 Å². The molecule has 0 atom stereocenters. The van der Waals surface area contributed by atoms with Gasteiger partial charge < -0.3 is 10.2 Å². The summed E-state index contributed by atoms with van der Waals surface area (Å²) in [4.78, 5) is 15.3. The molecule has 2 N–H and O–H groups in total. The minimum atomic E-state index is -1.12. The molecule has 5 nitrogen and oxygen atoms in total. The van der Waals surface area contributed by atoms with Gasteiger partial charge in [-0.15, -0.1) is 0 Å². The lowest BCUT2D eigenvalue weighted by atomic mass is 10.2. The van der Waals surface area contributed by atoms with Gasteiger partial charge in [0, 0.05) is 5.56 Å². The molecule has 0 aliphatic rings. The minimum absolute atomic E-state index is 0.0450. The Morgan fingerprint density at radius 3 is 2.47 bits per heavy atom. The maximum Gasteiger partial charge on any atom is 0.356 e. The second kappa shape index (κ2) is 4.13. The van der Waals surface area contributed by atoms with Crippen molar-refractivity contribution in [1.82, 2.24) is 9.38 Å². The first kappa shape index (κ1) is 11.3. The number of nitrogens with zero attached hydrogens (tertiary/aromatic N) is 2. The molecule has 0 aliphatic heterocycles. The van der Waals surface area contributed by atoms with Crippen LogP contribution in [0.1, 0.15) is 10.5 Å². The highest BCUT2D eigenvalue weighted by Gasteiger charge is 2.19. The molecule has 3 aromatic rings. The second-order valence-corrected chi connectivity index (χ2v) is 4.06. The molecule has 0 radical (unpaired) electrons. The number of aromatic hydroxyl groups is 1. The summed E-state index contributed by atoms with van der Waals surface area (Å²) in [5.74, 6) is -0.757. The molecular weight excluding hydrogens is 244 g/mol. The number of carboxylic acids is 1. The van der Waals surface area contributed by atoms with Crippen LogP contribution in [0.5, 0.6) is 5.88 Å². The molecule has 0 unspecified atom stereocenters. The van der Waals surface area contributed by atoms with Crippen molar-refractivity contribution in [2.75, 3.05) is 0 Å². The van der Waals surface area contributed by atoms with Crippen LogP contribution in [0.3, 0.4) is 0 Å². The van der Waals surface area contributed by atoms with E-state index in [-0.39, 0.29) is 11.6 Å². The summed E-state index contributed by atoms with van der Waals surface area (Å²) in [6, 6.07) is 13.8. The molecule has 0 saturated heterocycles. The molecule has 94 valence electrons. The summed E-state index contributed by atoms with van der Waals surface area (Å²) in [6.07, 6.45) is 0. The van der Waals surface area contributed by atoms with Crippen molar-refractivity contribution in [3.05, 3.63) is 54.2 Å². The van der Waals surface area contributed by atoms with Gasteiger partial charge in [0.2, 0.25) is 0 Å². The molecule has 2 aromatic heterocycles. The maximum absolute atomic E-state index is 11.2. The van der Waals surface area contributed by atoms with Crippen LogP contribution in [-0.2, 0) is 0 Å². The lowest BCUT2D eigenvalue weighted by Gasteiger charge is -2.03. The Hall–Kier alpha value is -2.82. The number of rotatable bonds is 2. The number of aromatic carboxylic acids is 1. The van der Waals surface area contributed by atoms with Gasteiger partial charge in [-0.25, -0.2) is 9.78 Å². The van der Waals surface area contributed by atoms with Crippen LogP contribution in [0, 0.1) is 0 Å². The minimum Gasteiger partial charge on any atom is -0.494 e. The van der Waals surface area contributed by atoms with E-state index in [9.17, 15) is 15.0 Å². The summed E-state index contributed by atoms with van der Waals surface area (Å²) in [5, 5.41) is 19.1. The van der Waals surface area contributed by atoms with Crippen LogP contribution in [0.2, 0.25) is 0 Å². The number of fused-ring (bicyclic) bond motifs is 1. The predicted molar refractivity (Wildman–Crippen MR) is 69.3 cm³/mol. The van der Waals surface area contributed by atoms with Crippen LogP contribution < -0.4 is 0 Å². The van der Waals surface area contributed by atoms with Crippen molar-refractivity contribution < 1.29 is 15.0 Å². The van der Waals surface area contributed by atoms with Crippen LogP contribution in [-0.4, -0.2) is 25.6 Å². The third-order valence-electron chi connectivity index (χ3n) is 2.88. The Kier molecular flexibility index (Phi) is 2.45. The van der Waals surface area contributed by atoms with Crippen molar-refractivity contribution in [2.24, 2.45) is 0 Å².